The van der Waals surface area contributed by atoms with Crippen LogP contribution < -0.4 is 5.73 Å². The molecular weight excluding hydrogens is 182 g/mol. The van der Waals surface area contributed by atoms with Gasteiger partial charge in [-0.15, -0.1) is 0 Å². The molecule has 1 unspecified atom stereocenters. The quantitative estimate of drug-likeness (QED) is 0.754. The lowest BCUT2D eigenvalue weighted by Gasteiger charge is -2.22. The Balaban J connectivity index is 2.11. The standard InChI is InChI=1S/C9H13N3O2/c10-9(13)7-4-5-12(11-7)8-3-1-2-6-14-8/h4-5,8H,1-3,6H2,(H2,10,13). The molecule has 0 saturated carbocycles. The summed E-state index contributed by atoms with van der Waals surface area (Å²) in [6.45, 7) is 0.760. The van der Waals surface area contributed by atoms with Crippen LogP contribution in [-0.4, -0.2) is 22.3 Å². The van der Waals surface area contributed by atoms with Crippen molar-refractivity contribution in [3.63, 3.8) is 0 Å². The Morgan fingerprint density at radius 1 is 1.64 bits per heavy atom. The normalized spacial score (nSPS) is 22.1. The molecule has 0 aliphatic carbocycles. The highest BCUT2D eigenvalue weighted by atomic mass is 16.5. The van der Waals surface area contributed by atoms with Gasteiger partial charge in [0.2, 0.25) is 0 Å². The second-order valence-electron chi connectivity index (χ2n) is 3.37. The third-order valence-electron chi connectivity index (χ3n) is 2.31. The van der Waals surface area contributed by atoms with E-state index < -0.39 is 5.91 Å². The monoisotopic (exact) mass is 195 g/mol. The van der Waals surface area contributed by atoms with Crippen LogP contribution in [0.5, 0.6) is 0 Å². The number of carbonyl (C=O) groups excluding carboxylic acids is 1. The molecule has 2 N–H and O–H groups in total. The van der Waals surface area contributed by atoms with Gasteiger partial charge in [-0.25, -0.2) is 4.68 Å². The van der Waals surface area contributed by atoms with Crippen LogP contribution in [-0.2, 0) is 4.74 Å². The van der Waals surface area contributed by atoms with Gasteiger partial charge in [0.15, 0.2) is 0 Å². The van der Waals surface area contributed by atoms with Gasteiger partial charge in [0.05, 0.1) is 0 Å². The third kappa shape index (κ3) is 1.77. The molecule has 0 spiro atoms. The van der Waals surface area contributed by atoms with Gasteiger partial charge in [0.1, 0.15) is 11.9 Å². The molecule has 2 heterocycles. The Labute approximate surface area is 81.8 Å². The molecule has 1 aliphatic rings. The van der Waals surface area contributed by atoms with E-state index in [0.717, 1.165) is 25.9 Å². The summed E-state index contributed by atoms with van der Waals surface area (Å²) < 4.78 is 7.17. The maximum absolute atomic E-state index is 10.8. The fourth-order valence-corrected chi connectivity index (χ4v) is 1.56. The second kappa shape index (κ2) is 3.79. The average Bonchev–Trinajstić information content (AvgIpc) is 2.68. The summed E-state index contributed by atoms with van der Waals surface area (Å²) in [7, 11) is 0. The van der Waals surface area contributed by atoms with E-state index in [1.54, 1.807) is 16.9 Å². The van der Waals surface area contributed by atoms with Crippen molar-refractivity contribution in [3.8, 4) is 0 Å². The van der Waals surface area contributed by atoms with E-state index in [1.807, 2.05) is 0 Å². The summed E-state index contributed by atoms with van der Waals surface area (Å²) in [5.74, 6) is -0.500. The molecule has 1 aromatic rings. The van der Waals surface area contributed by atoms with Gasteiger partial charge in [0, 0.05) is 12.8 Å². The lowest BCUT2D eigenvalue weighted by Crippen LogP contribution is -2.20. The van der Waals surface area contributed by atoms with Gasteiger partial charge in [-0.1, -0.05) is 0 Å². The number of carbonyl (C=O) groups is 1. The van der Waals surface area contributed by atoms with Crippen molar-refractivity contribution in [2.24, 2.45) is 5.73 Å². The Bertz CT molecular complexity index is 329. The van der Waals surface area contributed by atoms with E-state index >= 15 is 0 Å². The number of nitrogens with two attached hydrogens (primary N) is 1. The number of nitrogens with zero attached hydrogens (tertiary/aromatic N) is 2. The lowest BCUT2D eigenvalue weighted by atomic mass is 10.2. The first kappa shape index (κ1) is 9.21. The van der Waals surface area contributed by atoms with Crippen molar-refractivity contribution in [1.29, 1.82) is 0 Å². The van der Waals surface area contributed by atoms with Crippen molar-refractivity contribution < 1.29 is 9.53 Å². The molecule has 1 atom stereocenters. The molecular formula is C9H13N3O2. The zero-order valence-electron chi connectivity index (χ0n) is 7.85. The van der Waals surface area contributed by atoms with E-state index in [2.05, 4.69) is 5.10 Å². The fourth-order valence-electron chi connectivity index (χ4n) is 1.56. The maximum Gasteiger partial charge on any atom is 0.269 e. The Kier molecular flexibility index (Phi) is 2.49. The number of amides is 1. The van der Waals surface area contributed by atoms with Crippen LogP contribution in [0.25, 0.3) is 0 Å². The number of ether oxygens (including phenoxy) is 1. The smallest absolute Gasteiger partial charge is 0.269 e. The van der Waals surface area contributed by atoms with Gasteiger partial charge in [0.25, 0.3) is 5.91 Å². The highest BCUT2D eigenvalue weighted by molar-refractivity contribution is 5.90. The van der Waals surface area contributed by atoms with Crippen LogP contribution in [0.3, 0.4) is 0 Å². The highest BCUT2D eigenvalue weighted by Gasteiger charge is 2.17. The zero-order valence-corrected chi connectivity index (χ0v) is 7.85. The first-order chi connectivity index (χ1) is 6.77. The molecule has 0 bridgehead atoms. The Morgan fingerprint density at radius 3 is 3.07 bits per heavy atom. The molecule has 0 radical (unpaired) electrons. The molecule has 0 aromatic carbocycles. The molecule has 5 nitrogen and oxygen atoms in total. The largest absolute Gasteiger partial charge is 0.364 e. The van der Waals surface area contributed by atoms with Crippen LogP contribution in [0.1, 0.15) is 36.0 Å². The van der Waals surface area contributed by atoms with Crippen LogP contribution in [0, 0.1) is 0 Å². The van der Waals surface area contributed by atoms with Gasteiger partial charge >= 0.3 is 0 Å². The summed E-state index contributed by atoms with van der Waals surface area (Å²) in [6, 6.07) is 1.61. The van der Waals surface area contributed by atoms with Crippen molar-refractivity contribution >= 4 is 5.91 Å². The van der Waals surface area contributed by atoms with E-state index in [4.69, 9.17) is 10.5 Å². The minimum absolute atomic E-state index is 0.0307. The first-order valence-corrected chi connectivity index (χ1v) is 4.74. The molecule has 2 rings (SSSR count). The molecule has 14 heavy (non-hydrogen) atoms. The molecule has 1 fully saturated rings. The number of rotatable bonds is 2. The van der Waals surface area contributed by atoms with Gasteiger partial charge in [-0.3, -0.25) is 4.79 Å². The van der Waals surface area contributed by atoms with Gasteiger partial charge in [-0.05, 0) is 25.3 Å². The van der Waals surface area contributed by atoms with E-state index in [9.17, 15) is 4.79 Å². The minimum Gasteiger partial charge on any atom is -0.364 e. The highest BCUT2D eigenvalue weighted by Crippen LogP contribution is 2.21. The summed E-state index contributed by atoms with van der Waals surface area (Å²) >= 11 is 0. The SMILES string of the molecule is NC(=O)c1ccn(C2CCCCO2)n1. The van der Waals surface area contributed by atoms with E-state index in [0.29, 0.717) is 5.69 Å². The van der Waals surface area contributed by atoms with Gasteiger partial charge in [-0.2, -0.15) is 5.10 Å². The number of primary amides is 1. The average molecular weight is 195 g/mol. The molecule has 5 heteroatoms. The molecule has 76 valence electrons. The van der Waals surface area contributed by atoms with Crippen LogP contribution >= 0.6 is 0 Å². The first-order valence-electron chi connectivity index (χ1n) is 4.74. The van der Waals surface area contributed by atoms with Crippen molar-refractivity contribution in [3.05, 3.63) is 18.0 Å². The number of aromatic nitrogens is 2. The minimum atomic E-state index is -0.500. The van der Waals surface area contributed by atoms with Crippen molar-refractivity contribution in [2.75, 3.05) is 6.61 Å². The lowest BCUT2D eigenvalue weighted by molar-refractivity contribution is -0.0395. The summed E-state index contributed by atoms with van der Waals surface area (Å²) in [5.41, 5.74) is 5.39. The van der Waals surface area contributed by atoms with Crippen LogP contribution in [0.15, 0.2) is 12.3 Å². The molecule has 1 aromatic heterocycles. The summed E-state index contributed by atoms with van der Waals surface area (Å²) in [6.07, 6.45) is 4.88. The zero-order chi connectivity index (χ0) is 9.97. The molecule has 1 amide bonds. The summed E-state index contributed by atoms with van der Waals surface area (Å²) in [5, 5.41) is 4.05. The van der Waals surface area contributed by atoms with Crippen LogP contribution in [0.4, 0.5) is 0 Å². The Hall–Kier alpha value is -1.36. The maximum atomic E-state index is 10.8. The molecule has 1 aliphatic heterocycles. The van der Waals surface area contributed by atoms with Crippen molar-refractivity contribution in [2.45, 2.75) is 25.5 Å². The summed E-state index contributed by atoms with van der Waals surface area (Å²) in [4.78, 5) is 10.8. The Morgan fingerprint density at radius 2 is 2.50 bits per heavy atom. The molecule has 1 saturated heterocycles. The topological polar surface area (TPSA) is 70.1 Å². The fraction of sp³-hybridized carbons (Fsp3) is 0.556. The van der Waals surface area contributed by atoms with Gasteiger partial charge < -0.3 is 10.5 Å². The van der Waals surface area contributed by atoms with E-state index in [-0.39, 0.29) is 6.23 Å². The van der Waals surface area contributed by atoms with Crippen LogP contribution in [0.2, 0.25) is 0 Å². The predicted octanol–water partition coefficient (Wildman–Crippen LogP) is 0.681. The van der Waals surface area contributed by atoms with Crippen molar-refractivity contribution in [1.82, 2.24) is 9.78 Å². The number of hydrogen-bond acceptors (Lipinski definition) is 3. The third-order valence-corrected chi connectivity index (χ3v) is 2.31. The predicted molar refractivity (Wildman–Crippen MR) is 49.6 cm³/mol. The number of hydrogen-bond donors (Lipinski definition) is 1. The van der Waals surface area contributed by atoms with E-state index in [1.165, 1.54) is 0 Å². The second-order valence-corrected chi connectivity index (χ2v) is 3.37.